The van der Waals surface area contributed by atoms with Crippen LogP contribution in [0.1, 0.15) is 0 Å². The molecule has 0 radical (unpaired) electrons. The van der Waals surface area contributed by atoms with Gasteiger partial charge in [0.2, 0.25) is 0 Å². The number of hydrogen-bond donors (Lipinski definition) is 0. The van der Waals surface area contributed by atoms with Gasteiger partial charge in [0.15, 0.2) is 0 Å². The zero-order valence-electron chi connectivity index (χ0n) is 42.1. The zero-order valence-corrected chi connectivity index (χ0v) is 42.1. The molecule has 0 N–H and O–H groups in total. The van der Waals surface area contributed by atoms with E-state index in [1.54, 1.807) is 0 Å². The Morgan fingerprint density at radius 2 is 0.571 bits per heavy atom. The molecule has 0 atom stereocenters. The van der Waals surface area contributed by atoms with Crippen LogP contribution >= 0.6 is 0 Å². The first-order chi connectivity index (χ1) is 38.2. The molecule has 0 unspecified atom stereocenters. The van der Waals surface area contributed by atoms with Gasteiger partial charge in [-0.3, -0.25) is 0 Å². The lowest BCUT2D eigenvalue weighted by Crippen LogP contribution is -1.91. The Morgan fingerprint density at radius 3 is 1.16 bits per heavy atom. The summed E-state index contributed by atoms with van der Waals surface area (Å²) in [4.78, 5) is 0. The number of fused-ring (bicyclic) bond motifs is 10. The summed E-state index contributed by atoms with van der Waals surface area (Å²) >= 11 is 0. The van der Waals surface area contributed by atoms with Crippen molar-refractivity contribution < 1.29 is 4.42 Å². The smallest absolute Gasteiger partial charge is 0.136 e. The van der Waals surface area contributed by atoms with Crippen molar-refractivity contribution in [1.82, 2.24) is 0 Å². The fourth-order valence-corrected chi connectivity index (χ4v) is 12.4. The van der Waals surface area contributed by atoms with E-state index in [2.05, 4.69) is 291 Å². The molecule has 1 heteroatoms. The molecular formula is C76H48O. The van der Waals surface area contributed by atoms with E-state index in [-0.39, 0.29) is 0 Å². The van der Waals surface area contributed by atoms with Crippen LogP contribution in [0, 0.1) is 0 Å². The predicted octanol–water partition coefficient (Wildman–Crippen LogP) is 21.7. The highest BCUT2D eigenvalue weighted by Gasteiger charge is 2.21. The lowest BCUT2D eigenvalue weighted by atomic mass is 9.84. The summed E-state index contributed by atoms with van der Waals surface area (Å²) in [6, 6.07) is 105. The number of benzene rings is 15. The molecule has 0 amide bonds. The summed E-state index contributed by atoms with van der Waals surface area (Å²) in [6.07, 6.45) is 0. The Kier molecular flexibility index (Phi) is 10.6. The first-order valence-corrected chi connectivity index (χ1v) is 26.6. The van der Waals surface area contributed by atoms with Crippen molar-refractivity contribution in [2.75, 3.05) is 0 Å². The third kappa shape index (κ3) is 7.47. The standard InChI is InChI=1S/C40H26.C36H22O/c1-2-12-31-26-32(25-22-27(31)10-1)28-20-23-30(24-21-28)39-35-15-5-7-17-37(35)40(38-18-8-6-16-36(38)39)34-19-9-13-29-11-3-4-14-33(29)34;1-2-11-23(12-3-1)34-26-15-6-8-17-28(26)35(29-18-9-7-16-27(29)34)30-19-10-20-32-36(30)31-21-24-13-4-5-14-25(24)22-33(31)37-32/h1-26H;1-22H. The van der Waals surface area contributed by atoms with E-state index in [1.807, 2.05) is 0 Å². The van der Waals surface area contributed by atoms with Gasteiger partial charge in [-0.05, 0) is 155 Å². The summed E-state index contributed by atoms with van der Waals surface area (Å²) in [5.74, 6) is 0. The van der Waals surface area contributed by atoms with Crippen molar-refractivity contribution >= 4 is 97.3 Å². The number of rotatable bonds is 5. The molecule has 0 aliphatic carbocycles. The maximum absolute atomic E-state index is 6.44. The number of hydrogen-bond acceptors (Lipinski definition) is 1. The second-order valence-electron chi connectivity index (χ2n) is 20.2. The first-order valence-electron chi connectivity index (χ1n) is 26.6. The minimum Gasteiger partial charge on any atom is -0.456 e. The van der Waals surface area contributed by atoms with Crippen molar-refractivity contribution in [3.8, 4) is 55.6 Å². The van der Waals surface area contributed by atoms with Gasteiger partial charge in [0.05, 0.1) is 0 Å². The van der Waals surface area contributed by atoms with Gasteiger partial charge in [0.1, 0.15) is 11.2 Å². The summed E-state index contributed by atoms with van der Waals surface area (Å²) in [7, 11) is 0. The van der Waals surface area contributed by atoms with Crippen LogP contribution in [0.3, 0.4) is 0 Å². The van der Waals surface area contributed by atoms with Crippen LogP contribution in [0.5, 0.6) is 0 Å². The second-order valence-corrected chi connectivity index (χ2v) is 20.2. The summed E-state index contributed by atoms with van der Waals surface area (Å²) < 4.78 is 6.44. The number of furan rings is 1. The molecule has 16 rings (SSSR count). The maximum atomic E-state index is 6.44. The van der Waals surface area contributed by atoms with Gasteiger partial charge in [0, 0.05) is 10.8 Å². The Hall–Kier alpha value is -10.1. The summed E-state index contributed by atoms with van der Waals surface area (Å²) in [5.41, 5.74) is 14.4. The molecule has 0 saturated carbocycles. The van der Waals surface area contributed by atoms with E-state index >= 15 is 0 Å². The first kappa shape index (κ1) is 44.4. The van der Waals surface area contributed by atoms with Crippen LogP contribution in [-0.2, 0) is 0 Å². The van der Waals surface area contributed by atoms with Gasteiger partial charge in [0.25, 0.3) is 0 Å². The molecule has 358 valence electrons. The maximum Gasteiger partial charge on any atom is 0.136 e. The van der Waals surface area contributed by atoms with Crippen molar-refractivity contribution in [2.24, 2.45) is 0 Å². The predicted molar refractivity (Wildman–Crippen MR) is 330 cm³/mol. The van der Waals surface area contributed by atoms with Crippen molar-refractivity contribution in [3.05, 3.63) is 291 Å². The Balaban J connectivity index is 0.000000135. The van der Waals surface area contributed by atoms with Gasteiger partial charge >= 0.3 is 0 Å². The molecular weight excluding hydrogens is 929 g/mol. The molecule has 1 aromatic heterocycles. The van der Waals surface area contributed by atoms with E-state index in [1.165, 1.54) is 136 Å². The van der Waals surface area contributed by atoms with Crippen molar-refractivity contribution in [2.45, 2.75) is 0 Å². The van der Waals surface area contributed by atoms with Crippen molar-refractivity contribution in [1.29, 1.82) is 0 Å². The highest BCUT2D eigenvalue weighted by Crippen LogP contribution is 2.48. The SMILES string of the molecule is c1ccc(-c2c3ccccc3c(-c3cccc4oc5cc6ccccc6cc5c34)c3ccccc23)cc1.c1ccc2cc(-c3ccc(-c4c5ccccc5c(-c5cccc6ccccc56)c5ccccc45)cc3)ccc2c1. The van der Waals surface area contributed by atoms with Crippen LogP contribution in [0.2, 0.25) is 0 Å². The third-order valence-electron chi connectivity index (χ3n) is 15.9. The van der Waals surface area contributed by atoms with E-state index in [9.17, 15) is 0 Å². The zero-order chi connectivity index (χ0) is 50.8. The average Bonchev–Trinajstić information content (AvgIpc) is 3.87. The van der Waals surface area contributed by atoms with E-state index in [4.69, 9.17) is 4.42 Å². The molecule has 0 bridgehead atoms. The fraction of sp³-hybridized carbons (Fsp3) is 0. The van der Waals surface area contributed by atoms with Crippen LogP contribution in [0.4, 0.5) is 0 Å². The lowest BCUT2D eigenvalue weighted by molar-refractivity contribution is 0.669. The van der Waals surface area contributed by atoms with Gasteiger partial charge < -0.3 is 4.42 Å². The highest BCUT2D eigenvalue weighted by molar-refractivity contribution is 6.27. The molecule has 15 aromatic carbocycles. The molecule has 1 heterocycles. The Labute approximate surface area is 446 Å². The minimum absolute atomic E-state index is 0.920. The Morgan fingerprint density at radius 1 is 0.182 bits per heavy atom. The Bertz CT molecular complexity index is 4850. The quantitative estimate of drug-likeness (QED) is 0.157. The highest BCUT2D eigenvalue weighted by atomic mass is 16.3. The van der Waals surface area contributed by atoms with E-state index < -0.39 is 0 Å². The summed E-state index contributed by atoms with van der Waals surface area (Å²) in [5, 5.41) is 20.0. The van der Waals surface area contributed by atoms with E-state index in [0.29, 0.717) is 0 Å². The molecule has 77 heavy (non-hydrogen) atoms. The molecule has 0 spiro atoms. The molecule has 1 nitrogen and oxygen atoms in total. The lowest BCUT2D eigenvalue weighted by Gasteiger charge is -2.19. The topological polar surface area (TPSA) is 13.1 Å². The van der Waals surface area contributed by atoms with Gasteiger partial charge in [-0.15, -0.1) is 0 Å². The van der Waals surface area contributed by atoms with Crippen LogP contribution in [0.15, 0.2) is 296 Å². The van der Waals surface area contributed by atoms with Crippen LogP contribution < -0.4 is 0 Å². The van der Waals surface area contributed by atoms with E-state index in [0.717, 1.165) is 16.6 Å². The van der Waals surface area contributed by atoms with Gasteiger partial charge in [-0.1, -0.05) is 267 Å². The molecule has 16 aromatic rings. The van der Waals surface area contributed by atoms with Gasteiger partial charge in [-0.2, -0.15) is 0 Å². The van der Waals surface area contributed by atoms with Crippen LogP contribution in [-0.4, -0.2) is 0 Å². The molecule has 0 saturated heterocycles. The van der Waals surface area contributed by atoms with Gasteiger partial charge in [-0.25, -0.2) is 0 Å². The monoisotopic (exact) mass is 976 g/mol. The minimum atomic E-state index is 0.920. The fourth-order valence-electron chi connectivity index (χ4n) is 12.4. The molecule has 0 aliphatic heterocycles. The largest absolute Gasteiger partial charge is 0.456 e. The third-order valence-corrected chi connectivity index (χ3v) is 15.9. The normalized spacial score (nSPS) is 11.6. The summed E-state index contributed by atoms with van der Waals surface area (Å²) in [6.45, 7) is 0. The molecule has 0 aliphatic rings. The van der Waals surface area contributed by atoms with Crippen LogP contribution in [0.25, 0.3) is 153 Å². The second kappa shape index (κ2) is 18.4. The molecule has 0 fully saturated rings. The van der Waals surface area contributed by atoms with Crippen molar-refractivity contribution in [3.63, 3.8) is 0 Å². The average molecular weight is 977 g/mol.